The fraction of sp³-hybridized carbons (Fsp3) is 0.938. The number of rotatable bonds is 13. The van der Waals surface area contributed by atoms with Gasteiger partial charge >= 0.3 is 5.97 Å². The van der Waals surface area contributed by atoms with E-state index in [0.717, 1.165) is 51.9 Å². The molecular weight excluding hydrogens is 254 g/mol. The molecule has 0 aromatic carbocycles. The van der Waals surface area contributed by atoms with Crippen molar-refractivity contribution in [3.05, 3.63) is 0 Å². The summed E-state index contributed by atoms with van der Waals surface area (Å²) in [6.45, 7) is 10.9. The Balaban J connectivity index is 4.00. The lowest BCUT2D eigenvalue weighted by Crippen LogP contribution is -2.50. The molecule has 4 heteroatoms. The zero-order valence-corrected chi connectivity index (χ0v) is 13.8. The molecule has 0 aliphatic carbocycles. The van der Waals surface area contributed by atoms with E-state index in [1.54, 1.807) is 0 Å². The van der Waals surface area contributed by atoms with E-state index in [-0.39, 0.29) is 5.97 Å². The van der Waals surface area contributed by atoms with Gasteiger partial charge in [-0.1, -0.05) is 20.3 Å². The molecular formula is C16H33NO3. The van der Waals surface area contributed by atoms with Gasteiger partial charge in [0.05, 0.1) is 6.61 Å². The van der Waals surface area contributed by atoms with Crippen LogP contribution >= 0.6 is 0 Å². The molecule has 0 aliphatic heterocycles. The van der Waals surface area contributed by atoms with Crippen molar-refractivity contribution in [1.29, 1.82) is 0 Å². The van der Waals surface area contributed by atoms with Crippen LogP contribution in [0.4, 0.5) is 0 Å². The average molecular weight is 287 g/mol. The maximum absolute atomic E-state index is 12.1. The Hall–Kier alpha value is -0.610. The largest absolute Gasteiger partial charge is 0.465 e. The highest BCUT2D eigenvalue weighted by atomic mass is 16.5. The second-order valence-corrected chi connectivity index (χ2v) is 5.40. The minimum atomic E-state index is -0.560. The molecule has 120 valence electrons. The van der Waals surface area contributed by atoms with E-state index >= 15 is 0 Å². The molecule has 0 amide bonds. The first-order valence-electron chi connectivity index (χ1n) is 8.10. The topological polar surface area (TPSA) is 47.6 Å². The van der Waals surface area contributed by atoms with Gasteiger partial charge in [0.1, 0.15) is 5.54 Å². The van der Waals surface area contributed by atoms with Crippen LogP contribution in [-0.4, -0.2) is 37.9 Å². The zero-order chi connectivity index (χ0) is 15.3. The van der Waals surface area contributed by atoms with Gasteiger partial charge < -0.3 is 14.8 Å². The van der Waals surface area contributed by atoms with Crippen LogP contribution in [0.3, 0.4) is 0 Å². The maximum Gasteiger partial charge on any atom is 0.326 e. The summed E-state index contributed by atoms with van der Waals surface area (Å²) < 4.78 is 10.7. The summed E-state index contributed by atoms with van der Waals surface area (Å²) in [5.74, 6) is -0.139. The number of nitrogens with one attached hydrogen (secondary N) is 1. The third-order valence-corrected chi connectivity index (χ3v) is 3.35. The van der Waals surface area contributed by atoms with Crippen LogP contribution in [0.15, 0.2) is 0 Å². The van der Waals surface area contributed by atoms with E-state index in [1.165, 1.54) is 6.42 Å². The first-order valence-corrected chi connectivity index (χ1v) is 8.10. The molecule has 0 aromatic rings. The summed E-state index contributed by atoms with van der Waals surface area (Å²) in [6.07, 6.45) is 6.06. The van der Waals surface area contributed by atoms with E-state index in [0.29, 0.717) is 6.61 Å². The lowest BCUT2D eigenvalue weighted by Gasteiger charge is -2.28. The second kappa shape index (κ2) is 12.2. The summed E-state index contributed by atoms with van der Waals surface area (Å²) in [4.78, 5) is 12.1. The Morgan fingerprint density at radius 1 is 1.05 bits per heavy atom. The molecule has 1 unspecified atom stereocenters. The van der Waals surface area contributed by atoms with E-state index in [9.17, 15) is 4.79 Å². The quantitative estimate of drug-likeness (QED) is 0.417. The Kier molecular flexibility index (Phi) is 11.8. The van der Waals surface area contributed by atoms with Gasteiger partial charge in [-0.3, -0.25) is 4.79 Å². The number of esters is 1. The lowest BCUT2D eigenvalue weighted by atomic mass is 9.94. The van der Waals surface area contributed by atoms with Crippen molar-refractivity contribution in [2.45, 2.75) is 71.8 Å². The first-order chi connectivity index (χ1) is 9.60. The van der Waals surface area contributed by atoms with Crippen molar-refractivity contribution in [2.24, 2.45) is 0 Å². The molecule has 1 N–H and O–H groups in total. The summed E-state index contributed by atoms with van der Waals surface area (Å²) in [5, 5.41) is 3.33. The molecule has 1 atom stereocenters. The van der Waals surface area contributed by atoms with Gasteiger partial charge in [-0.15, -0.1) is 0 Å². The summed E-state index contributed by atoms with van der Waals surface area (Å²) in [5.41, 5.74) is -0.560. The van der Waals surface area contributed by atoms with Crippen LogP contribution in [0.1, 0.15) is 66.2 Å². The van der Waals surface area contributed by atoms with Gasteiger partial charge in [-0.05, 0) is 52.5 Å². The van der Waals surface area contributed by atoms with Crippen LogP contribution in [0.5, 0.6) is 0 Å². The van der Waals surface area contributed by atoms with Crippen LogP contribution < -0.4 is 5.32 Å². The van der Waals surface area contributed by atoms with Crippen molar-refractivity contribution in [3.8, 4) is 0 Å². The van der Waals surface area contributed by atoms with Crippen molar-refractivity contribution >= 4 is 5.97 Å². The Labute approximate surface area is 124 Å². The molecule has 0 bridgehead atoms. The second-order valence-electron chi connectivity index (χ2n) is 5.40. The van der Waals surface area contributed by atoms with Gasteiger partial charge in [-0.25, -0.2) is 0 Å². The molecule has 0 radical (unpaired) electrons. The van der Waals surface area contributed by atoms with Crippen molar-refractivity contribution in [3.63, 3.8) is 0 Å². The van der Waals surface area contributed by atoms with E-state index < -0.39 is 5.54 Å². The summed E-state index contributed by atoms with van der Waals surface area (Å²) in [6, 6.07) is 0. The summed E-state index contributed by atoms with van der Waals surface area (Å²) in [7, 11) is 0. The first kappa shape index (κ1) is 19.4. The van der Waals surface area contributed by atoms with Crippen molar-refractivity contribution in [2.75, 3.05) is 26.4 Å². The van der Waals surface area contributed by atoms with Crippen molar-refractivity contribution < 1.29 is 14.3 Å². The molecule has 0 rings (SSSR count). The molecule has 0 saturated heterocycles. The number of hydrogen-bond acceptors (Lipinski definition) is 4. The zero-order valence-electron chi connectivity index (χ0n) is 13.8. The molecule has 0 aliphatic rings. The molecule has 4 nitrogen and oxygen atoms in total. The third-order valence-electron chi connectivity index (χ3n) is 3.35. The van der Waals surface area contributed by atoms with Crippen LogP contribution in [0.25, 0.3) is 0 Å². The fourth-order valence-corrected chi connectivity index (χ4v) is 1.99. The number of carbonyl (C=O) groups excluding carboxylic acids is 1. The van der Waals surface area contributed by atoms with Crippen molar-refractivity contribution in [1.82, 2.24) is 5.32 Å². The van der Waals surface area contributed by atoms with Gasteiger partial charge in [0.2, 0.25) is 0 Å². The Morgan fingerprint density at radius 2 is 1.75 bits per heavy atom. The normalized spacial score (nSPS) is 14.0. The summed E-state index contributed by atoms with van der Waals surface area (Å²) >= 11 is 0. The third kappa shape index (κ3) is 8.54. The smallest absolute Gasteiger partial charge is 0.326 e. The van der Waals surface area contributed by atoms with Gasteiger partial charge in [0.15, 0.2) is 0 Å². The molecule has 0 fully saturated rings. The van der Waals surface area contributed by atoms with Gasteiger partial charge in [0, 0.05) is 13.2 Å². The Morgan fingerprint density at radius 3 is 2.35 bits per heavy atom. The van der Waals surface area contributed by atoms with Crippen LogP contribution in [-0.2, 0) is 14.3 Å². The molecule has 0 aromatic heterocycles. The maximum atomic E-state index is 12.1. The highest BCUT2D eigenvalue weighted by molar-refractivity contribution is 5.80. The van der Waals surface area contributed by atoms with E-state index in [4.69, 9.17) is 9.47 Å². The highest BCUT2D eigenvalue weighted by Crippen LogP contribution is 2.16. The van der Waals surface area contributed by atoms with Crippen LogP contribution in [0.2, 0.25) is 0 Å². The lowest BCUT2D eigenvalue weighted by molar-refractivity contribution is -0.150. The predicted octanol–water partition coefficient (Wildman–Crippen LogP) is 3.29. The number of ether oxygens (including phenoxy) is 2. The van der Waals surface area contributed by atoms with E-state index in [1.807, 2.05) is 13.8 Å². The fourth-order valence-electron chi connectivity index (χ4n) is 1.99. The average Bonchev–Trinajstić information content (AvgIpc) is 2.44. The molecule has 0 spiro atoms. The SMILES string of the molecule is CCCCOCCCCC(C)(NCCC)C(=O)OCC. The molecule has 20 heavy (non-hydrogen) atoms. The Bertz CT molecular complexity index is 246. The number of hydrogen-bond donors (Lipinski definition) is 1. The monoisotopic (exact) mass is 287 g/mol. The minimum Gasteiger partial charge on any atom is -0.465 e. The van der Waals surface area contributed by atoms with Gasteiger partial charge in [0.25, 0.3) is 0 Å². The van der Waals surface area contributed by atoms with E-state index in [2.05, 4.69) is 19.2 Å². The van der Waals surface area contributed by atoms with Crippen LogP contribution in [0, 0.1) is 0 Å². The standard InChI is InChI=1S/C16H33NO3/c1-5-8-13-19-14-10-9-11-16(4,17-12-6-2)15(18)20-7-3/h17H,5-14H2,1-4H3. The number of carbonyl (C=O) groups is 1. The van der Waals surface area contributed by atoms with Gasteiger partial charge in [-0.2, -0.15) is 0 Å². The molecule has 0 saturated carbocycles. The minimum absolute atomic E-state index is 0.139. The number of unbranched alkanes of at least 4 members (excludes halogenated alkanes) is 2. The predicted molar refractivity (Wildman–Crippen MR) is 82.9 cm³/mol. The molecule has 0 heterocycles. The highest BCUT2D eigenvalue weighted by Gasteiger charge is 2.33.